The fourth-order valence-electron chi connectivity index (χ4n) is 3.60. The molecule has 0 aliphatic rings. The van der Waals surface area contributed by atoms with E-state index in [1.165, 1.54) is 30.3 Å². The Labute approximate surface area is 178 Å². The van der Waals surface area contributed by atoms with Gasteiger partial charge in [0.25, 0.3) is 0 Å². The highest BCUT2D eigenvalue weighted by Crippen LogP contribution is 2.30. The minimum atomic E-state index is -3.96. The topological polar surface area (TPSA) is 88.7 Å². The maximum Gasteiger partial charge on any atom is 0.210 e. The molecule has 2 aromatic heterocycles. The molecule has 152 valence electrons. The molecule has 0 bridgehead atoms. The second kappa shape index (κ2) is 7.07. The van der Waals surface area contributed by atoms with Crippen LogP contribution < -0.4 is 0 Å². The molecule has 31 heavy (non-hydrogen) atoms. The van der Waals surface area contributed by atoms with E-state index in [0.717, 1.165) is 0 Å². The number of hydrogen-bond acceptors (Lipinski definition) is 5. The van der Waals surface area contributed by atoms with Crippen molar-refractivity contribution in [3.05, 3.63) is 102 Å². The van der Waals surface area contributed by atoms with Crippen LogP contribution in [0.5, 0.6) is 5.75 Å². The Balaban J connectivity index is 1.84. The van der Waals surface area contributed by atoms with Crippen LogP contribution in [0.4, 0.5) is 0 Å². The van der Waals surface area contributed by atoms with E-state index in [4.69, 9.17) is 0 Å². The summed E-state index contributed by atoms with van der Waals surface area (Å²) in [7, 11) is -3.96. The van der Waals surface area contributed by atoms with Gasteiger partial charge in [-0.25, -0.2) is 13.4 Å². The van der Waals surface area contributed by atoms with Crippen LogP contribution in [0.1, 0.15) is 15.9 Å². The molecule has 1 N–H and O–H groups in total. The van der Waals surface area contributed by atoms with Gasteiger partial charge in [-0.2, -0.15) is 0 Å². The summed E-state index contributed by atoms with van der Waals surface area (Å²) in [5.74, 6) is -0.655. The van der Waals surface area contributed by atoms with Gasteiger partial charge in [0, 0.05) is 11.8 Å². The summed E-state index contributed by atoms with van der Waals surface area (Å²) in [6.07, 6.45) is 1.56. The lowest BCUT2D eigenvalue weighted by Crippen LogP contribution is -2.09. The van der Waals surface area contributed by atoms with Crippen LogP contribution in [0.2, 0.25) is 0 Å². The standard InChI is InChI=1S/C24H16N2O4S/c27-21-13-7-4-10-18(21)23(28)16-14-22(31(29,30)17-8-2-1-3-9-17)24-25-19-11-5-6-12-20(19)26(24)15-16/h1-15,27H. The van der Waals surface area contributed by atoms with E-state index < -0.39 is 15.6 Å². The Bertz CT molecular complexity index is 1570. The lowest BCUT2D eigenvalue weighted by Gasteiger charge is -2.10. The Morgan fingerprint density at radius 2 is 1.55 bits per heavy atom. The van der Waals surface area contributed by atoms with Crippen LogP contribution in [-0.4, -0.2) is 28.7 Å². The number of imidazole rings is 1. The van der Waals surface area contributed by atoms with Crippen molar-refractivity contribution in [2.75, 3.05) is 0 Å². The van der Waals surface area contributed by atoms with Gasteiger partial charge in [0.15, 0.2) is 11.4 Å². The minimum absolute atomic E-state index is 0.0730. The molecule has 0 radical (unpaired) electrons. The average molecular weight is 428 g/mol. The number of fused-ring (bicyclic) bond motifs is 3. The first-order valence-electron chi connectivity index (χ1n) is 9.50. The van der Waals surface area contributed by atoms with Crippen molar-refractivity contribution in [1.29, 1.82) is 0 Å². The molecule has 5 aromatic rings. The summed E-state index contributed by atoms with van der Waals surface area (Å²) in [4.78, 5) is 17.8. The highest BCUT2D eigenvalue weighted by molar-refractivity contribution is 7.91. The normalized spacial score (nSPS) is 11.7. The number of para-hydroxylation sites is 3. The first-order valence-corrected chi connectivity index (χ1v) is 11.0. The summed E-state index contributed by atoms with van der Waals surface area (Å²) < 4.78 is 28.6. The van der Waals surface area contributed by atoms with E-state index in [9.17, 15) is 18.3 Å². The SMILES string of the molecule is O=C(c1cc(S(=O)(=O)c2ccccc2)c2nc3ccccc3n2c1)c1ccccc1O. The van der Waals surface area contributed by atoms with E-state index in [2.05, 4.69) is 4.98 Å². The number of ketones is 1. The molecule has 0 unspecified atom stereocenters. The number of rotatable bonds is 4. The van der Waals surface area contributed by atoms with Crippen LogP contribution in [0.25, 0.3) is 16.7 Å². The zero-order chi connectivity index (χ0) is 21.6. The quantitative estimate of drug-likeness (QED) is 0.432. The Hall–Kier alpha value is -3.97. The number of sulfone groups is 1. The number of carbonyl (C=O) groups is 1. The molecule has 0 aliphatic heterocycles. The lowest BCUT2D eigenvalue weighted by atomic mass is 10.0. The highest BCUT2D eigenvalue weighted by atomic mass is 32.2. The summed E-state index contributed by atoms with van der Waals surface area (Å²) in [5.41, 5.74) is 1.74. The molecule has 7 heteroatoms. The molecule has 0 aliphatic carbocycles. The molecule has 0 saturated carbocycles. The van der Waals surface area contributed by atoms with Crippen molar-refractivity contribution in [2.45, 2.75) is 9.79 Å². The molecule has 0 saturated heterocycles. The van der Waals surface area contributed by atoms with Gasteiger partial charge in [-0.1, -0.05) is 42.5 Å². The second-order valence-electron chi connectivity index (χ2n) is 7.05. The van der Waals surface area contributed by atoms with E-state index in [0.29, 0.717) is 11.0 Å². The maximum atomic E-state index is 13.5. The van der Waals surface area contributed by atoms with Crippen molar-refractivity contribution in [1.82, 2.24) is 9.38 Å². The van der Waals surface area contributed by atoms with Gasteiger partial charge in [-0.3, -0.25) is 9.20 Å². The van der Waals surface area contributed by atoms with Gasteiger partial charge < -0.3 is 5.11 Å². The third-order valence-electron chi connectivity index (χ3n) is 5.12. The van der Waals surface area contributed by atoms with E-state index >= 15 is 0 Å². The number of carbonyl (C=O) groups excluding carboxylic acids is 1. The molecule has 2 heterocycles. The second-order valence-corrected chi connectivity index (χ2v) is 8.97. The average Bonchev–Trinajstić information content (AvgIpc) is 3.17. The molecule has 6 nitrogen and oxygen atoms in total. The maximum absolute atomic E-state index is 13.5. The molecule has 0 atom stereocenters. The summed E-state index contributed by atoms with van der Waals surface area (Å²) in [6, 6.07) is 22.8. The van der Waals surface area contributed by atoms with Crippen molar-refractivity contribution in [3.63, 3.8) is 0 Å². The largest absolute Gasteiger partial charge is 0.507 e. The lowest BCUT2D eigenvalue weighted by molar-refractivity contribution is 0.103. The first-order chi connectivity index (χ1) is 15.0. The number of nitrogens with zero attached hydrogens (tertiary/aromatic N) is 2. The molecule has 0 amide bonds. The molecular formula is C24H16N2O4S. The van der Waals surface area contributed by atoms with Crippen molar-refractivity contribution < 1.29 is 18.3 Å². The predicted octanol–water partition coefficient (Wildman–Crippen LogP) is 4.26. The number of pyridine rings is 1. The highest BCUT2D eigenvalue weighted by Gasteiger charge is 2.26. The third-order valence-corrected chi connectivity index (χ3v) is 6.90. The van der Waals surface area contributed by atoms with Gasteiger partial charge in [-0.15, -0.1) is 0 Å². The van der Waals surface area contributed by atoms with Crippen LogP contribution in [0, 0.1) is 0 Å². The van der Waals surface area contributed by atoms with E-state index in [1.54, 1.807) is 47.0 Å². The Morgan fingerprint density at radius 1 is 0.871 bits per heavy atom. The smallest absolute Gasteiger partial charge is 0.210 e. The van der Waals surface area contributed by atoms with E-state index in [-0.39, 0.29) is 32.3 Å². The number of phenolic OH excluding ortho intramolecular Hbond substituents is 1. The molecular weight excluding hydrogens is 412 g/mol. The van der Waals surface area contributed by atoms with Gasteiger partial charge in [0.05, 0.1) is 21.5 Å². The zero-order valence-corrected chi connectivity index (χ0v) is 17.0. The van der Waals surface area contributed by atoms with Gasteiger partial charge >= 0.3 is 0 Å². The summed E-state index contributed by atoms with van der Waals surface area (Å²) in [6.45, 7) is 0. The van der Waals surface area contributed by atoms with Gasteiger partial charge in [0.2, 0.25) is 9.84 Å². The number of benzene rings is 3. The number of aromatic hydroxyl groups is 1. The van der Waals surface area contributed by atoms with Crippen LogP contribution in [0.15, 0.2) is 101 Å². The molecule has 0 fully saturated rings. The number of hydrogen-bond donors (Lipinski definition) is 1. The fraction of sp³-hybridized carbons (Fsp3) is 0. The molecule has 0 spiro atoms. The van der Waals surface area contributed by atoms with Crippen molar-refractivity contribution in [2.24, 2.45) is 0 Å². The zero-order valence-electron chi connectivity index (χ0n) is 16.1. The first kappa shape index (κ1) is 19.0. The fourth-order valence-corrected chi connectivity index (χ4v) is 5.04. The monoisotopic (exact) mass is 428 g/mol. The number of phenols is 1. The van der Waals surface area contributed by atoms with E-state index in [1.807, 2.05) is 18.2 Å². The number of aromatic nitrogens is 2. The third kappa shape index (κ3) is 3.06. The van der Waals surface area contributed by atoms with Crippen LogP contribution in [0.3, 0.4) is 0 Å². The van der Waals surface area contributed by atoms with Crippen LogP contribution >= 0.6 is 0 Å². The molecule has 5 rings (SSSR count). The van der Waals surface area contributed by atoms with Gasteiger partial charge in [0.1, 0.15) is 10.6 Å². The molecule has 3 aromatic carbocycles. The Kier molecular flexibility index (Phi) is 4.34. The summed E-state index contributed by atoms with van der Waals surface area (Å²) in [5, 5.41) is 10.1. The summed E-state index contributed by atoms with van der Waals surface area (Å²) >= 11 is 0. The van der Waals surface area contributed by atoms with Crippen molar-refractivity contribution >= 4 is 32.3 Å². The van der Waals surface area contributed by atoms with Crippen LogP contribution in [-0.2, 0) is 9.84 Å². The minimum Gasteiger partial charge on any atom is -0.507 e. The van der Waals surface area contributed by atoms with Crippen molar-refractivity contribution in [3.8, 4) is 5.75 Å². The van der Waals surface area contributed by atoms with Gasteiger partial charge in [-0.05, 0) is 42.5 Å². The Morgan fingerprint density at radius 3 is 2.32 bits per heavy atom. The predicted molar refractivity (Wildman–Crippen MR) is 116 cm³/mol.